The van der Waals surface area contributed by atoms with E-state index in [0.717, 1.165) is 6.54 Å². The van der Waals surface area contributed by atoms with E-state index in [0.29, 0.717) is 5.41 Å². The fourth-order valence-corrected chi connectivity index (χ4v) is 1.66. The lowest BCUT2D eigenvalue weighted by Crippen LogP contribution is -2.16. The molecule has 0 aromatic heterocycles. The molecule has 1 heteroatoms. The summed E-state index contributed by atoms with van der Waals surface area (Å²) in [4.78, 5) is 2.24. The summed E-state index contributed by atoms with van der Waals surface area (Å²) in [5.41, 5.74) is 1.83. The van der Waals surface area contributed by atoms with Gasteiger partial charge in [0.25, 0.3) is 0 Å². The lowest BCUT2D eigenvalue weighted by Gasteiger charge is -2.16. The van der Waals surface area contributed by atoms with Gasteiger partial charge in [0.05, 0.1) is 0 Å². The lowest BCUT2D eigenvalue weighted by atomic mass is 9.92. The van der Waals surface area contributed by atoms with Crippen LogP contribution in [0.4, 0.5) is 0 Å². The van der Waals surface area contributed by atoms with Crippen LogP contribution < -0.4 is 0 Å². The van der Waals surface area contributed by atoms with E-state index in [1.54, 1.807) is 0 Å². The van der Waals surface area contributed by atoms with Crippen LogP contribution in [0.15, 0.2) is 24.6 Å². The molecule has 0 amide bonds. The predicted octanol–water partition coefficient (Wildman–Crippen LogP) is 2.77. The van der Waals surface area contributed by atoms with Gasteiger partial charge in [0.1, 0.15) is 0 Å². The smallest absolute Gasteiger partial charge is 0.0276 e. The lowest BCUT2D eigenvalue weighted by molar-refractivity contribution is 0.363. The molecular formula is C10H17N. The minimum absolute atomic E-state index is 0.427. The Bertz CT molecular complexity index is 189. The summed E-state index contributed by atoms with van der Waals surface area (Å²) in [6.45, 7) is 11.6. The van der Waals surface area contributed by atoms with Gasteiger partial charge in [0.2, 0.25) is 0 Å². The van der Waals surface area contributed by atoms with Crippen molar-refractivity contribution in [3.05, 3.63) is 24.6 Å². The summed E-state index contributed by atoms with van der Waals surface area (Å²) < 4.78 is 0. The molecule has 1 aliphatic heterocycles. The van der Waals surface area contributed by atoms with E-state index in [-0.39, 0.29) is 0 Å². The molecule has 0 N–H and O–H groups in total. The molecule has 0 aromatic rings. The van der Waals surface area contributed by atoms with Crippen LogP contribution >= 0.6 is 0 Å². The van der Waals surface area contributed by atoms with Crippen LogP contribution in [-0.4, -0.2) is 11.4 Å². The van der Waals surface area contributed by atoms with Crippen molar-refractivity contribution < 1.29 is 0 Å². The number of allylic oxidation sites excluding steroid dienone is 2. The zero-order chi connectivity index (χ0) is 8.48. The summed E-state index contributed by atoms with van der Waals surface area (Å²) in [6.07, 6.45) is 5.27. The molecule has 1 nitrogen and oxygen atoms in total. The number of rotatable bonds is 1. The van der Waals surface area contributed by atoms with Crippen molar-refractivity contribution in [2.45, 2.75) is 27.2 Å². The first-order valence-electron chi connectivity index (χ1n) is 4.13. The van der Waals surface area contributed by atoms with E-state index >= 15 is 0 Å². The van der Waals surface area contributed by atoms with Gasteiger partial charge in [-0.2, -0.15) is 0 Å². The van der Waals surface area contributed by atoms with Gasteiger partial charge in [-0.1, -0.05) is 26.5 Å². The molecule has 1 rings (SSSR count). The van der Waals surface area contributed by atoms with Crippen molar-refractivity contribution in [1.82, 2.24) is 4.90 Å². The van der Waals surface area contributed by atoms with Gasteiger partial charge in [-0.25, -0.2) is 0 Å². The van der Waals surface area contributed by atoms with Crippen LogP contribution in [0.25, 0.3) is 0 Å². The first-order chi connectivity index (χ1) is 5.09. The van der Waals surface area contributed by atoms with Crippen LogP contribution in [0.2, 0.25) is 0 Å². The molecule has 1 saturated heterocycles. The molecule has 0 bridgehead atoms. The number of likely N-dealkylation sites (tertiary alicyclic amines) is 1. The van der Waals surface area contributed by atoms with E-state index in [2.05, 4.69) is 38.3 Å². The normalized spacial score (nSPS) is 26.1. The number of nitrogens with zero attached hydrogens (tertiary/aromatic N) is 1. The molecule has 0 unspecified atom stereocenters. The van der Waals surface area contributed by atoms with Gasteiger partial charge in [0.15, 0.2) is 0 Å². The fraction of sp³-hybridized carbons (Fsp3) is 0.600. The van der Waals surface area contributed by atoms with E-state index in [1.807, 2.05) is 6.20 Å². The van der Waals surface area contributed by atoms with Crippen molar-refractivity contribution >= 4 is 0 Å². The predicted molar refractivity (Wildman–Crippen MR) is 49.1 cm³/mol. The Hall–Kier alpha value is -0.720. The maximum Gasteiger partial charge on any atom is 0.0276 e. The fourth-order valence-electron chi connectivity index (χ4n) is 1.66. The second kappa shape index (κ2) is 2.72. The van der Waals surface area contributed by atoms with Crippen LogP contribution in [0.1, 0.15) is 27.2 Å². The highest BCUT2D eigenvalue weighted by Crippen LogP contribution is 2.36. The standard InChI is InChI=1S/C10H17N/c1-5-9-7-10(3,4)8-11(9)6-2/h5-6H,2,7-8H2,1,3-4H3/b9-5-. The monoisotopic (exact) mass is 151 g/mol. The average Bonchev–Trinajstić information content (AvgIpc) is 2.25. The number of hydrogen-bond acceptors (Lipinski definition) is 1. The summed E-state index contributed by atoms with van der Waals surface area (Å²) >= 11 is 0. The van der Waals surface area contributed by atoms with Gasteiger partial charge in [-0.3, -0.25) is 0 Å². The molecule has 0 radical (unpaired) electrons. The second-order valence-electron chi connectivity index (χ2n) is 3.93. The number of hydrogen-bond donors (Lipinski definition) is 0. The minimum Gasteiger partial charge on any atom is -0.352 e. The largest absolute Gasteiger partial charge is 0.352 e. The first-order valence-corrected chi connectivity index (χ1v) is 4.13. The van der Waals surface area contributed by atoms with E-state index in [9.17, 15) is 0 Å². The third-order valence-corrected chi connectivity index (χ3v) is 2.18. The van der Waals surface area contributed by atoms with Crippen LogP contribution in [0.5, 0.6) is 0 Å². The summed E-state index contributed by atoms with van der Waals surface area (Å²) in [5.74, 6) is 0. The Morgan fingerprint density at radius 1 is 1.55 bits per heavy atom. The van der Waals surface area contributed by atoms with Crippen molar-refractivity contribution in [1.29, 1.82) is 0 Å². The maximum atomic E-state index is 3.79. The molecule has 1 aliphatic rings. The Labute approximate surface area is 69.4 Å². The van der Waals surface area contributed by atoms with E-state index in [4.69, 9.17) is 0 Å². The van der Waals surface area contributed by atoms with Gasteiger partial charge in [0, 0.05) is 12.2 Å². The molecular weight excluding hydrogens is 134 g/mol. The van der Waals surface area contributed by atoms with E-state index < -0.39 is 0 Å². The molecule has 1 heterocycles. The zero-order valence-electron chi connectivity index (χ0n) is 7.72. The van der Waals surface area contributed by atoms with Gasteiger partial charge in [-0.05, 0) is 25.0 Å². The minimum atomic E-state index is 0.427. The van der Waals surface area contributed by atoms with Gasteiger partial charge < -0.3 is 4.90 Å². The van der Waals surface area contributed by atoms with Crippen molar-refractivity contribution in [3.63, 3.8) is 0 Å². The molecule has 62 valence electrons. The molecule has 0 saturated carbocycles. The summed E-state index contributed by atoms with van der Waals surface area (Å²) in [7, 11) is 0. The van der Waals surface area contributed by atoms with Crippen LogP contribution in [0.3, 0.4) is 0 Å². The Kier molecular flexibility index (Phi) is 2.08. The SMILES string of the molecule is C=CN1CC(C)(C)C/C1=C/C. The van der Waals surface area contributed by atoms with Gasteiger partial charge in [-0.15, -0.1) is 0 Å². The van der Waals surface area contributed by atoms with Crippen LogP contribution in [-0.2, 0) is 0 Å². The summed E-state index contributed by atoms with van der Waals surface area (Å²) in [5, 5.41) is 0. The van der Waals surface area contributed by atoms with Crippen LogP contribution in [0, 0.1) is 5.41 Å². The zero-order valence-corrected chi connectivity index (χ0v) is 7.72. The van der Waals surface area contributed by atoms with Crippen molar-refractivity contribution in [3.8, 4) is 0 Å². The highest BCUT2D eigenvalue weighted by atomic mass is 15.1. The highest BCUT2D eigenvalue weighted by molar-refractivity contribution is 5.12. The molecule has 11 heavy (non-hydrogen) atoms. The average molecular weight is 151 g/mol. The third-order valence-electron chi connectivity index (χ3n) is 2.18. The third kappa shape index (κ3) is 1.65. The molecule has 1 fully saturated rings. The molecule has 0 spiro atoms. The van der Waals surface area contributed by atoms with Gasteiger partial charge >= 0.3 is 0 Å². The Morgan fingerprint density at radius 2 is 2.18 bits per heavy atom. The van der Waals surface area contributed by atoms with Crippen molar-refractivity contribution in [2.75, 3.05) is 6.54 Å². The van der Waals surface area contributed by atoms with E-state index in [1.165, 1.54) is 12.1 Å². The second-order valence-corrected chi connectivity index (χ2v) is 3.93. The van der Waals surface area contributed by atoms with Crippen molar-refractivity contribution in [2.24, 2.45) is 5.41 Å². The quantitative estimate of drug-likeness (QED) is 0.557. The topological polar surface area (TPSA) is 3.24 Å². The molecule has 0 atom stereocenters. The maximum absolute atomic E-state index is 3.79. The summed E-state index contributed by atoms with van der Waals surface area (Å²) in [6, 6.07) is 0. The highest BCUT2D eigenvalue weighted by Gasteiger charge is 2.30. The Balaban J connectivity index is 2.78. The molecule has 0 aliphatic carbocycles. The Morgan fingerprint density at radius 3 is 2.55 bits per heavy atom. The first kappa shape index (κ1) is 8.38. The molecule has 0 aromatic carbocycles.